The number of methoxy groups -OCH3 is 1. The van der Waals surface area contributed by atoms with Crippen molar-refractivity contribution in [3.63, 3.8) is 0 Å². The quantitative estimate of drug-likeness (QED) is 0.688. The minimum atomic E-state index is -3.65. The number of nitrogens with one attached hydrogen (secondary N) is 1. The van der Waals surface area contributed by atoms with Crippen molar-refractivity contribution in [2.24, 2.45) is 0 Å². The summed E-state index contributed by atoms with van der Waals surface area (Å²) in [5.41, 5.74) is 2.69. The first-order valence-electron chi connectivity index (χ1n) is 8.59. The summed E-state index contributed by atoms with van der Waals surface area (Å²) < 4.78 is 31.5. The molecule has 0 spiro atoms. The monoisotopic (exact) mass is 394 g/mol. The molecule has 7 heteroatoms. The number of carbonyl (C=O) groups is 1. The van der Waals surface area contributed by atoms with E-state index in [4.69, 9.17) is 4.74 Å². The fourth-order valence-corrected chi connectivity index (χ4v) is 3.97. The molecule has 3 aromatic rings. The molecule has 0 aliphatic carbocycles. The molecule has 0 unspecified atom stereocenters. The largest absolute Gasteiger partial charge is 0.497 e. The lowest BCUT2D eigenvalue weighted by molar-refractivity contribution is 0.0991. The van der Waals surface area contributed by atoms with Crippen LogP contribution in [0.5, 0.6) is 5.75 Å². The second-order valence-corrected chi connectivity index (χ2v) is 8.04. The number of benzene rings is 3. The van der Waals surface area contributed by atoms with Crippen LogP contribution in [-0.4, -0.2) is 21.4 Å². The van der Waals surface area contributed by atoms with Gasteiger partial charge < -0.3 is 9.64 Å². The summed E-state index contributed by atoms with van der Waals surface area (Å²) in [5.74, 6) is 0.640. The number of sulfonamides is 1. The number of nitrogens with zero attached hydrogens (tertiary/aromatic N) is 1. The predicted molar refractivity (Wildman–Crippen MR) is 110 cm³/mol. The van der Waals surface area contributed by atoms with Gasteiger partial charge in [0.1, 0.15) is 5.75 Å². The average Bonchev–Trinajstić information content (AvgIpc) is 2.98. The van der Waals surface area contributed by atoms with Gasteiger partial charge in [0.25, 0.3) is 15.9 Å². The van der Waals surface area contributed by atoms with Gasteiger partial charge >= 0.3 is 0 Å². The molecule has 1 heterocycles. The maximum absolute atomic E-state index is 13.0. The second kappa shape index (κ2) is 6.69. The third kappa shape index (κ3) is 2.99. The third-order valence-corrected chi connectivity index (χ3v) is 5.70. The Hall–Kier alpha value is -3.32. The molecule has 1 N–H and O–H groups in total. The molecule has 0 fully saturated rings. The Bertz CT molecular complexity index is 1200. The minimum absolute atomic E-state index is 0.111. The minimum Gasteiger partial charge on any atom is -0.497 e. The van der Waals surface area contributed by atoms with Crippen LogP contribution in [0.25, 0.3) is 10.8 Å². The number of hydrogen-bond acceptors (Lipinski definition) is 4. The van der Waals surface area contributed by atoms with E-state index in [-0.39, 0.29) is 5.91 Å². The first kappa shape index (κ1) is 18.1. The average molecular weight is 394 g/mol. The molecule has 1 aliphatic heterocycles. The zero-order valence-corrected chi connectivity index (χ0v) is 16.0. The molecule has 1 aliphatic rings. The number of ether oxygens (including phenoxy) is 1. The van der Waals surface area contributed by atoms with Gasteiger partial charge in [0.15, 0.2) is 0 Å². The van der Waals surface area contributed by atoms with Crippen molar-refractivity contribution >= 4 is 38.1 Å². The molecule has 142 valence electrons. The van der Waals surface area contributed by atoms with Gasteiger partial charge in [-0.15, -0.1) is 0 Å². The maximum Gasteiger partial charge on any atom is 0.259 e. The highest BCUT2D eigenvalue weighted by Crippen LogP contribution is 2.41. The fraction of sp³-hybridized carbons (Fsp3) is 0.0952. The smallest absolute Gasteiger partial charge is 0.259 e. The van der Waals surface area contributed by atoms with Crippen molar-refractivity contribution < 1.29 is 17.9 Å². The number of anilines is 2. The van der Waals surface area contributed by atoms with Crippen molar-refractivity contribution in [3.05, 3.63) is 77.7 Å². The highest BCUT2D eigenvalue weighted by atomic mass is 32.2. The van der Waals surface area contributed by atoms with E-state index < -0.39 is 10.0 Å². The molecule has 0 bridgehead atoms. The van der Waals surface area contributed by atoms with Crippen molar-refractivity contribution in [3.8, 4) is 5.75 Å². The standard InChI is InChI=1S/C21H18N2O4S/c1-3-28(25,26)22-18-11-12-19-20-16(18)5-4-6-17(20)21(24)23(19)13-14-7-9-15(27-2)10-8-14/h3-12,22H,1,13H2,2H3. The first-order valence-corrected chi connectivity index (χ1v) is 10.1. The van der Waals surface area contributed by atoms with E-state index in [2.05, 4.69) is 11.3 Å². The van der Waals surface area contributed by atoms with Crippen LogP contribution in [-0.2, 0) is 16.6 Å². The molecular weight excluding hydrogens is 376 g/mol. The predicted octanol–water partition coefficient (Wildman–Crippen LogP) is 3.89. The lowest BCUT2D eigenvalue weighted by atomic mass is 10.0. The molecule has 4 rings (SSSR count). The lowest BCUT2D eigenvalue weighted by Crippen LogP contribution is -2.25. The SMILES string of the molecule is C=CS(=O)(=O)Nc1ccc2c3c(cccc13)C(=O)N2Cc1ccc(OC)cc1. The number of hydrogen-bond donors (Lipinski definition) is 1. The van der Waals surface area contributed by atoms with Crippen LogP contribution in [0.3, 0.4) is 0 Å². The topological polar surface area (TPSA) is 75.7 Å². The molecule has 1 amide bonds. The van der Waals surface area contributed by atoms with E-state index in [1.54, 1.807) is 42.3 Å². The van der Waals surface area contributed by atoms with E-state index in [1.165, 1.54) is 0 Å². The Labute approximate surface area is 163 Å². The molecule has 0 atom stereocenters. The summed E-state index contributed by atoms with van der Waals surface area (Å²) in [7, 11) is -2.04. The highest BCUT2D eigenvalue weighted by Gasteiger charge is 2.30. The maximum atomic E-state index is 13.0. The van der Waals surface area contributed by atoms with Gasteiger partial charge in [-0.25, -0.2) is 8.42 Å². The summed E-state index contributed by atoms with van der Waals surface area (Å²) in [5, 5.41) is 2.27. The molecular formula is C21H18N2O4S. The van der Waals surface area contributed by atoms with Crippen molar-refractivity contribution in [1.29, 1.82) is 0 Å². The van der Waals surface area contributed by atoms with E-state index in [9.17, 15) is 13.2 Å². The Morgan fingerprint density at radius 3 is 2.54 bits per heavy atom. The molecule has 28 heavy (non-hydrogen) atoms. The van der Waals surface area contributed by atoms with Gasteiger partial charge in [0.2, 0.25) is 0 Å². The molecule has 0 radical (unpaired) electrons. The molecule has 3 aromatic carbocycles. The summed E-state index contributed by atoms with van der Waals surface area (Å²) in [6, 6.07) is 16.3. The first-order chi connectivity index (χ1) is 13.4. The van der Waals surface area contributed by atoms with Gasteiger partial charge in [-0.2, -0.15) is 0 Å². The fourth-order valence-electron chi connectivity index (χ4n) is 3.40. The van der Waals surface area contributed by atoms with E-state index in [1.807, 2.05) is 24.3 Å². The normalized spacial score (nSPS) is 13.0. The summed E-state index contributed by atoms with van der Waals surface area (Å²) in [4.78, 5) is 14.7. The lowest BCUT2D eigenvalue weighted by Gasteiger charge is -2.18. The Morgan fingerprint density at radius 2 is 1.86 bits per heavy atom. The van der Waals surface area contributed by atoms with E-state index in [0.29, 0.717) is 23.2 Å². The van der Waals surface area contributed by atoms with Gasteiger partial charge in [-0.3, -0.25) is 9.52 Å². The van der Waals surface area contributed by atoms with Crippen LogP contribution in [0.4, 0.5) is 11.4 Å². The van der Waals surface area contributed by atoms with E-state index in [0.717, 1.165) is 27.8 Å². The van der Waals surface area contributed by atoms with Crippen LogP contribution in [0, 0.1) is 0 Å². The van der Waals surface area contributed by atoms with Crippen molar-refractivity contribution in [1.82, 2.24) is 0 Å². The number of carbonyl (C=O) groups excluding carboxylic acids is 1. The Morgan fingerprint density at radius 1 is 1.11 bits per heavy atom. The van der Waals surface area contributed by atoms with Gasteiger partial charge in [-0.05, 0) is 35.9 Å². The molecule has 6 nitrogen and oxygen atoms in total. The summed E-state index contributed by atoms with van der Waals surface area (Å²) in [6.45, 7) is 3.72. The van der Waals surface area contributed by atoms with Crippen LogP contribution in [0.1, 0.15) is 15.9 Å². The summed E-state index contributed by atoms with van der Waals surface area (Å²) in [6.07, 6.45) is 0. The van der Waals surface area contributed by atoms with Gasteiger partial charge in [-0.1, -0.05) is 30.8 Å². The van der Waals surface area contributed by atoms with Crippen molar-refractivity contribution in [2.45, 2.75) is 6.54 Å². The van der Waals surface area contributed by atoms with Crippen LogP contribution in [0.2, 0.25) is 0 Å². The van der Waals surface area contributed by atoms with Crippen molar-refractivity contribution in [2.75, 3.05) is 16.7 Å². The van der Waals surface area contributed by atoms with Gasteiger partial charge in [0.05, 0.1) is 25.0 Å². The number of rotatable bonds is 6. The molecule has 0 saturated heterocycles. The van der Waals surface area contributed by atoms with Crippen LogP contribution in [0.15, 0.2) is 66.6 Å². The zero-order valence-electron chi connectivity index (χ0n) is 15.2. The Kier molecular flexibility index (Phi) is 4.31. The van der Waals surface area contributed by atoms with Crippen LogP contribution >= 0.6 is 0 Å². The zero-order chi connectivity index (χ0) is 19.9. The summed E-state index contributed by atoms with van der Waals surface area (Å²) >= 11 is 0. The molecule has 0 aromatic heterocycles. The Balaban J connectivity index is 1.77. The van der Waals surface area contributed by atoms with E-state index >= 15 is 0 Å². The molecule has 0 saturated carbocycles. The van der Waals surface area contributed by atoms with Gasteiger partial charge in [0, 0.05) is 21.7 Å². The second-order valence-electron chi connectivity index (χ2n) is 6.41. The third-order valence-electron chi connectivity index (χ3n) is 4.76. The number of amides is 1. The van der Waals surface area contributed by atoms with Crippen LogP contribution < -0.4 is 14.4 Å². The highest BCUT2D eigenvalue weighted by molar-refractivity contribution is 7.95.